The second-order valence-corrected chi connectivity index (χ2v) is 5.67. The molecule has 0 aromatic heterocycles. The van der Waals surface area contributed by atoms with Gasteiger partial charge in [0, 0.05) is 12.6 Å². The van der Waals surface area contributed by atoms with Crippen LogP contribution in [0.25, 0.3) is 0 Å². The van der Waals surface area contributed by atoms with E-state index < -0.39 is 0 Å². The minimum atomic E-state index is 0.401. The largest absolute Gasteiger partial charge is 0.377 e. The fourth-order valence-corrected chi connectivity index (χ4v) is 3.48. The first-order chi connectivity index (χ1) is 8.76. The second-order valence-electron chi connectivity index (χ2n) is 5.67. The van der Waals surface area contributed by atoms with Crippen LogP contribution in [-0.4, -0.2) is 25.3 Å². The van der Waals surface area contributed by atoms with Gasteiger partial charge in [-0.25, -0.2) is 0 Å². The van der Waals surface area contributed by atoms with Crippen molar-refractivity contribution >= 4 is 0 Å². The summed E-state index contributed by atoms with van der Waals surface area (Å²) in [5.41, 5.74) is 0. The Hall–Kier alpha value is -0.0800. The molecule has 1 rings (SSSR count). The number of ether oxygens (including phenoxy) is 1. The maximum absolute atomic E-state index is 5.95. The molecule has 0 saturated heterocycles. The Labute approximate surface area is 114 Å². The number of hydrogen-bond donors (Lipinski definition) is 1. The Morgan fingerprint density at radius 2 is 1.72 bits per heavy atom. The molecule has 0 spiro atoms. The van der Waals surface area contributed by atoms with E-state index in [2.05, 4.69) is 33.0 Å². The quantitative estimate of drug-likeness (QED) is 0.708. The third-order valence-electron chi connectivity index (χ3n) is 4.60. The highest BCUT2D eigenvalue weighted by molar-refractivity contribution is 4.86. The zero-order chi connectivity index (χ0) is 13.4. The van der Waals surface area contributed by atoms with E-state index in [0.29, 0.717) is 12.1 Å². The average Bonchev–Trinajstić information content (AvgIpc) is 2.43. The first kappa shape index (κ1) is 16.0. The number of hydrogen-bond acceptors (Lipinski definition) is 2. The van der Waals surface area contributed by atoms with Crippen molar-refractivity contribution in [3.63, 3.8) is 0 Å². The van der Waals surface area contributed by atoms with Gasteiger partial charge < -0.3 is 10.1 Å². The standard InChI is InChI=1S/C16H33NO/c1-5-13-9-11-14(12-10-13)16(17-7-3)15(6-2)18-8-4/h13-17H,5-12H2,1-4H3. The molecule has 1 aliphatic rings. The summed E-state index contributed by atoms with van der Waals surface area (Å²) < 4.78 is 5.95. The van der Waals surface area contributed by atoms with Gasteiger partial charge in [0.1, 0.15) is 0 Å². The van der Waals surface area contributed by atoms with Crippen molar-refractivity contribution in [2.45, 2.75) is 78.4 Å². The zero-order valence-electron chi connectivity index (χ0n) is 12.9. The van der Waals surface area contributed by atoms with Crippen molar-refractivity contribution in [2.24, 2.45) is 11.8 Å². The minimum Gasteiger partial charge on any atom is -0.377 e. The maximum Gasteiger partial charge on any atom is 0.0727 e. The first-order valence-corrected chi connectivity index (χ1v) is 8.11. The topological polar surface area (TPSA) is 21.3 Å². The van der Waals surface area contributed by atoms with Crippen LogP contribution in [0.2, 0.25) is 0 Å². The third kappa shape index (κ3) is 4.55. The molecule has 2 nitrogen and oxygen atoms in total. The Kier molecular flexibility index (Phi) is 7.92. The minimum absolute atomic E-state index is 0.401. The van der Waals surface area contributed by atoms with Crippen molar-refractivity contribution in [3.05, 3.63) is 0 Å². The predicted octanol–water partition coefficient (Wildman–Crippen LogP) is 4.00. The van der Waals surface area contributed by atoms with Gasteiger partial charge in [-0.1, -0.05) is 40.0 Å². The molecule has 0 aromatic rings. The molecule has 0 bridgehead atoms. The predicted molar refractivity (Wildman–Crippen MR) is 78.9 cm³/mol. The van der Waals surface area contributed by atoms with E-state index in [1.165, 1.54) is 32.1 Å². The normalized spacial score (nSPS) is 28.0. The molecule has 2 heteroatoms. The number of rotatable bonds is 8. The Bertz CT molecular complexity index is 199. The van der Waals surface area contributed by atoms with Crippen LogP contribution >= 0.6 is 0 Å². The molecule has 0 aliphatic heterocycles. The molecule has 18 heavy (non-hydrogen) atoms. The first-order valence-electron chi connectivity index (χ1n) is 8.11. The molecule has 2 unspecified atom stereocenters. The van der Waals surface area contributed by atoms with Crippen LogP contribution < -0.4 is 5.32 Å². The third-order valence-corrected chi connectivity index (χ3v) is 4.60. The lowest BCUT2D eigenvalue weighted by Crippen LogP contribution is -2.47. The highest BCUT2D eigenvalue weighted by Crippen LogP contribution is 2.34. The van der Waals surface area contributed by atoms with Crippen molar-refractivity contribution in [1.82, 2.24) is 5.32 Å². The van der Waals surface area contributed by atoms with E-state index in [4.69, 9.17) is 4.74 Å². The van der Waals surface area contributed by atoms with E-state index in [1.54, 1.807) is 0 Å². The smallest absolute Gasteiger partial charge is 0.0727 e. The summed E-state index contributed by atoms with van der Waals surface area (Å²) in [5.74, 6) is 1.81. The van der Waals surface area contributed by atoms with Crippen molar-refractivity contribution in [2.75, 3.05) is 13.2 Å². The maximum atomic E-state index is 5.95. The summed E-state index contributed by atoms with van der Waals surface area (Å²) in [6, 6.07) is 0.567. The Morgan fingerprint density at radius 1 is 1.06 bits per heavy atom. The van der Waals surface area contributed by atoms with Gasteiger partial charge in [-0.3, -0.25) is 0 Å². The molecular formula is C16H33NO. The van der Waals surface area contributed by atoms with Gasteiger partial charge in [-0.05, 0) is 44.6 Å². The van der Waals surface area contributed by atoms with E-state index in [0.717, 1.165) is 31.4 Å². The summed E-state index contributed by atoms with van der Waals surface area (Å²) in [6.45, 7) is 10.8. The van der Waals surface area contributed by atoms with Gasteiger partial charge in [-0.2, -0.15) is 0 Å². The molecule has 0 amide bonds. The number of likely N-dealkylation sites (N-methyl/N-ethyl adjacent to an activating group) is 1. The summed E-state index contributed by atoms with van der Waals surface area (Å²) in [4.78, 5) is 0. The van der Waals surface area contributed by atoms with E-state index in [1.807, 2.05) is 0 Å². The molecule has 0 heterocycles. The summed E-state index contributed by atoms with van der Waals surface area (Å²) in [6.07, 6.45) is 8.51. The summed E-state index contributed by atoms with van der Waals surface area (Å²) >= 11 is 0. The van der Waals surface area contributed by atoms with Crippen LogP contribution in [0, 0.1) is 11.8 Å². The highest BCUT2D eigenvalue weighted by atomic mass is 16.5. The van der Waals surface area contributed by atoms with Crippen LogP contribution in [0.3, 0.4) is 0 Å². The van der Waals surface area contributed by atoms with Crippen molar-refractivity contribution in [1.29, 1.82) is 0 Å². The molecule has 2 atom stereocenters. The fraction of sp³-hybridized carbons (Fsp3) is 1.00. The average molecular weight is 255 g/mol. The molecule has 0 radical (unpaired) electrons. The van der Waals surface area contributed by atoms with E-state index >= 15 is 0 Å². The van der Waals surface area contributed by atoms with Crippen LogP contribution in [0.15, 0.2) is 0 Å². The highest BCUT2D eigenvalue weighted by Gasteiger charge is 2.31. The zero-order valence-corrected chi connectivity index (χ0v) is 12.9. The van der Waals surface area contributed by atoms with E-state index in [-0.39, 0.29) is 0 Å². The SMILES string of the molecule is CCNC(C1CCC(CC)CC1)C(CC)OCC. The molecule has 1 saturated carbocycles. The van der Waals surface area contributed by atoms with E-state index in [9.17, 15) is 0 Å². The van der Waals surface area contributed by atoms with Gasteiger partial charge in [0.2, 0.25) is 0 Å². The van der Waals surface area contributed by atoms with Crippen LogP contribution in [0.4, 0.5) is 0 Å². The molecule has 1 N–H and O–H groups in total. The lowest BCUT2D eigenvalue weighted by Gasteiger charge is -2.38. The lowest BCUT2D eigenvalue weighted by molar-refractivity contribution is 0.00708. The van der Waals surface area contributed by atoms with Gasteiger partial charge in [0.05, 0.1) is 6.10 Å². The molecular weight excluding hydrogens is 222 g/mol. The van der Waals surface area contributed by atoms with Crippen LogP contribution in [0.1, 0.15) is 66.2 Å². The van der Waals surface area contributed by atoms with Crippen LogP contribution in [-0.2, 0) is 4.74 Å². The summed E-state index contributed by atoms with van der Waals surface area (Å²) in [5, 5.41) is 3.70. The Morgan fingerprint density at radius 3 is 2.17 bits per heavy atom. The molecule has 0 aromatic carbocycles. The van der Waals surface area contributed by atoms with Gasteiger partial charge >= 0.3 is 0 Å². The number of nitrogens with one attached hydrogen (secondary N) is 1. The van der Waals surface area contributed by atoms with Gasteiger partial charge in [0.15, 0.2) is 0 Å². The molecule has 1 aliphatic carbocycles. The second kappa shape index (κ2) is 8.92. The van der Waals surface area contributed by atoms with Crippen molar-refractivity contribution in [3.8, 4) is 0 Å². The fourth-order valence-electron chi connectivity index (χ4n) is 3.48. The van der Waals surface area contributed by atoms with Gasteiger partial charge in [0.25, 0.3) is 0 Å². The van der Waals surface area contributed by atoms with Gasteiger partial charge in [-0.15, -0.1) is 0 Å². The lowest BCUT2D eigenvalue weighted by atomic mass is 9.76. The molecule has 1 fully saturated rings. The molecule has 108 valence electrons. The van der Waals surface area contributed by atoms with Crippen LogP contribution in [0.5, 0.6) is 0 Å². The summed E-state index contributed by atoms with van der Waals surface area (Å²) in [7, 11) is 0. The Balaban J connectivity index is 2.55. The van der Waals surface area contributed by atoms with Crippen molar-refractivity contribution < 1.29 is 4.74 Å². The monoisotopic (exact) mass is 255 g/mol.